The van der Waals surface area contributed by atoms with Gasteiger partial charge >= 0.3 is 0 Å². The molecule has 3 aliphatic rings. The van der Waals surface area contributed by atoms with Crippen molar-refractivity contribution in [3.05, 3.63) is 240 Å². The first-order valence-corrected chi connectivity index (χ1v) is 22.0. The molecule has 0 atom stereocenters. The van der Waals surface area contributed by atoms with Crippen molar-refractivity contribution in [3.8, 4) is 55.6 Å². The van der Waals surface area contributed by atoms with Gasteiger partial charge in [0.25, 0.3) is 0 Å². The van der Waals surface area contributed by atoms with Gasteiger partial charge in [-0.1, -0.05) is 184 Å². The Hall–Kier alpha value is -7.54. The Labute approximate surface area is 361 Å². The Bertz CT molecular complexity index is 3680. The number of rotatable bonds is 2. The van der Waals surface area contributed by atoms with E-state index in [-0.39, 0.29) is 5.41 Å². The van der Waals surface area contributed by atoms with Crippen LogP contribution in [0.15, 0.2) is 206 Å². The van der Waals surface area contributed by atoms with E-state index in [2.05, 4.69) is 220 Å². The van der Waals surface area contributed by atoms with Gasteiger partial charge in [-0.2, -0.15) is 0 Å². The fourth-order valence-corrected chi connectivity index (χ4v) is 12.3. The van der Waals surface area contributed by atoms with E-state index in [1.54, 1.807) is 0 Å². The second-order valence-electron chi connectivity index (χ2n) is 18.3. The summed E-state index contributed by atoms with van der Waals surface area (Å²) in [7, 11) is 0. The van der Waals surface area contributed by atoms with E-state index in [9.17, 15) is 0 Å². The highest BCUT2D eigenvalue weighted by Crippen LogP contribution is 2.64. The van der Waals surface area contributed by atoms with Crippen LogP contribution in [0.5, 0.6) is 0 Å². The smallest absolute Gasteiger partial charge is 0.0619 e. The van der Waals surface area contributed by atoms with Crippen LogP contribution in [0, 0.1) is 0 Å². The van der Waals surface area contributed by atoms with Crippen LogP contribution in [0.25, 0.3) is 98.7 Å². The Morgan fingerprint density at radius 2 is 0.661 bits per heavy atom. The number of benzene rings is 11. The van der Waals surface area contributed by atoms with Gasteiger partial charge in [-0.05, 0) is 169 Å². The first-order chi connectivity index (χ1) is 30.5. The summed E-state index contributed by atoms with van der Waals surface area (Å²) in [5.74, 6) is 0. The zero-order valence-corrected chi connectivity index (χ0v) is 34.6. The molecule has 3 aliphatic carbocycles. The van der Waals surface area contributed by atoms with Gasteiger partial charge in [-0.15, -0.1) is 0 Å². The van der Waals surface area contributed by atoms with Gasteiger partial charge in [0.1, 0.15) is 0 Å². The lowest BCUT2D eigenvalue weighted by Crippen LogP contribution is -2.25. The maximum Gasteiger partial charge on any atom is 0.0725 e. The van der Waals surface area contributed by atoms with E-state index in [4.69, 9.17) is 0 Å². The van der Waals surface area contributed by atoms with E-state index in [1.165, 1.54) is 132 Å². The highest BCUT2D eigenvalue weighted by Gasteiger charge is 2.51. The van der Waals surface area contributed by atoms with Gasteiger partial charge in [0.15, 0.2) is 0 Å². The van der Waals surface area contributed by atoms with Crippen LogP contribution in [0.1, 0.15) is 47.2 Å². The van der Waals surface area contributed by atoms with Crippen LogP contribution in [-0.4, -0.2) is 0 Å². The van der Waals surface area contributed by atoms with Crippen LogP contribution in [-0.2, 0) is 10.8 Å². The number of fused-ring (bicyclic) bond motifs is 17. The molecule has 288 valence electrons. The molecule has 1 spiro atoms. The van der Waals surface area contributed by atoms with Gasteiger partial charge in [-0.3, -0.25) is 0 Å². The van der Waals surface area contributed by atoms with Crippen molar-refractivity contribution in [1.82, 2.24) is 0 Å². The number of hydrogen-bond donors (Lipinski definition) is 0. The van der Waals surface area contributed by atoms with Gasteiger partial charge < -0.3 is 0 Å². The highest BCUT2D eigenvalue weighted by atomic mass is 14.5. The molecule has 11 aromatic rings. The van der Waals surface area contributed by atoms with Gasteiger partial charge in [0.05, 0.1) is 5.41 Å². The third kappa shape index (κ3) is 4.27. The third-order valence-corrected chi connectivity index (χ3v) is 15.0. The van der Waals surface area contributed by atoms with E-state index in [0.717, 1.165) is 0 Å². The van der Waals surface area contributed by atoms with Crippen LogP contribution in [0.2, 0.25) is 0 Å². The zero-order valence-electron chi connectivity index (χ0n) is 34.6. The van der Waals surface area contributed by atoms with Crippen molar-refractivity contribution in [3.63, 3.8) is 0 Å². The summed E-state index contributed by atoms with van der Waals surface area (Å²) < 4.78 is 0. The Morgan fingerprint density at radius 3 is 1.24 bits per heavy atom. The Morgan fingerprint density at radius 1 is 0.258 bits per heavy atom. The molecule has 0 amide bonds. The zero-order chi connectivity index (χ0) is 40.9. The van der Waals surface area contributed by atoms with Gasteiger partial charge in [0, 0.05) is 5.41 Å². The predicted octanol–water partition coefficient (Wildman–Crippen LogP) is 16.3. The average Bonchev–Trinajstić information content (AvgIpc) is 3.86. The van der Waals surface area contributed by atoms with Crippen molar-refractivity contribution in [2.24, 2.45) is 0 Å². The minimum Gasteiger partial charge on any atom is -0.0619 e. The molecular formula is C62H40. The van der Waals surface area contributed by atoms with Crippen LogP contribution >= 0.6 is 0 Å². The summed E-state index contributed by atoms with van der Waals surface area (Å²) in [6, 6.07) is 78.6. The standard InChI is InChI=1S/C62H40/c1-61(2)53-24-12-9-17-43(53)46-30-29-41(35-56(46)61)60-49-22-7-5-20-47(49)59(48-21-6-8-23-50(48)60)40-28-27-39-33-52-51-32-37-15-3-4-16-38(37)34-57(51)62(58(52)36-42(39)31-40)54-25-13-10-18-44(54)45-19-11-14-26-55(45)62/h3-36H,1-2H3. The lowest BCUT2D eigenvalue weighted by molar-refractivity contribution is 0.660. The Kier molecular flexibility index (Phi) is 6.65. The summed E-state index contributed by atoms with van der Waals surface area (Å²) in [6.07, 6.45) is 0. The van der Waals surface area contributed by atoms with Crippen molar-refractivity contribution >= 4 is 43.1 Å². The molecule has 0 N–H and O–H groups in total. The van der Waals surface area contributed by atoms with Crippen LogP contribution < -0.4 is 0 Å². The quantitative estimate of drug-likeness (QED) is 0.153. The molecule has 0 unspecified atom stereocenters. The lowest BCUT2D eigenvalue weighted by Gasteiger charge is -2.30. The van der Waals surface area contributed by atoms with E-state index >= 15 is 0 Å². The minimum absolute atomic E-state index is 0.0746. The van der Waals surface area contributed by atoms with Crippen molar-refractivity contribution in [2.75, 3.05) is 0 Å². The summed E-state index contributed by atoms with van der Waals surface area (Å²) in [5.41, 5.74) is 21.0. The molecular weight excluding hydrogens is 745 g/mol. The summed E-state index contributed by atoms with van der Waals surface area (Å²) in [6.45, 7) is 4.76. The molecule has 0 saturated carbocycles. The lowest BCUT2D eigenvalue weighted by atomic mass is 9.70. The summed E-state index contributed by atoms with van der Waals surface area (Å²) >= 11 is 0. The van der Waals surface area contributed by atoms with Gasteiger partial charge in [-0.25, -0.2) is 0 Å². The van der Waals surface area contributed by atoms with Crippen molar-refractivity contribution in [1.29, 1.82) is 0 Å². The molecule has 0 saturated heterocycles. The molecule has 0 aliphatic heterocycles. The van der Waals surface area contributed by atoms with Crippen molar-refractivity contribution < 1.29 is 0 Å². The maximum atomic E-state index is 2.54. The first-order valence-electron chi connectivity index (χ1n) is 22.0. The second-order valence-corrected chi connectivity index (χ2v) is 18.3. The Balaban J connectivity index is 1.02. The van der Waals surface area contributed by atoms with E-state index in [1.807, 2.05) is 0 Å². The average molecular weight is 785 g/mol. The highest BCUT2D eigenvalue weighted by molar-refractivity contribution is 6.22. The normalized spacial score (nSPS) is 14.5. The predicted molar refractivity (Wildman–Crippen MR) is 261 cm³/mol. The van der Waals surface area contributed by atoms with E-state index < -0.39 is 5.41 Å². The maximum absolute atomic E-state index is 2.54. The molecule has 11 aromatic carbocycles. The molecule has 0 aromatic heterocycles. The topological polar surface area (TPSA) is 0 Å². The van der Waals surface area contributed by atoms with Crippen LogP contribution in [0.3, 0.4) is 0 Å². The van der Waals surface area contributed by atoms with E-state index in [0.29, 0.717) is 0 Å². The van der Waals surface area contributed by atoms with Crippen LogP contribution in [0.4, 0.5) is 0 Å². The first kappa shape index (κ1) is 34.2. The fourth-order valence-electron chi connectivity index (χ4n) is 12.3. The van der Waals surface area contributed by atoms with Gasteiger partial charge in [0.2, 0.25) is 0 Å². The SMILES string of the molecule is CC1(C)c2ccccc2-c2ccc(-c3c4ccccc4c(-c4ccc5cc6c(cc5c4)C4(c5ccccc5-c5ccccc54)c4cc5ccccc5cc4-6)c4ccccc34)cc21. The molecule has 14 rings (SSSR count). The molecule has 62 heavy (non-hydrogen) atoms. The molecule has 0 radical (unpaired) electrons. The number of hydrogen-bond acceptors (Lipinski definition) is 0. The molecule has 0 heteroatoms. The monoisotopic (exact) mass is 784 g/mol. The third-order valence-electron chi connectivity index (χ3n) is 15.0. The largest absolute Gasteiger partial charge is 0.0725 e. The molecule has 0 bridgehead atoms. The second kappa shape index (κ2) is 12.1. The van der Waals surface area contributed by atoms with Crippen molar-refractivity contribution in [2.45, 2.75) is 24.7 Å². The molecule has 0 nitrogen and oxygen atoms in total. The molecule has 0 heterocycles. The fraction of sp³-hybridized carbons (Fsp3) is 0.0645. The molecule has 0 fully saturated rings. The summed E-state index contributed by atoms with van der Waals surface area (Å²) in [5, 5.41) is 10.2. The summed E-state index contributed by atoms with van der Waals surface area (Å²) in [4.78, 5) is 0. The minimum atomic E-state index is -0.418.